The highest BCUT2D eigenvalue weighted by Crippen LogP contribution is 2.34. The number of amides is 2. The Kier molecular flexibility index (Phi) is 13.2. The highest BCUT2D eigenvalue weighted by Gasteiger charge is 2.41. The van der Waals surface area contributed by atoms with Crippen LogP contribution in [0, 0.1) is 17.8 Å². The van der Waals surface area contributed by atoms with Crippen molar-refractivity contribution in [2.75, 3.05) is 46.5 Å². The van der Waals surface area contributed by atoms with E-state index < -0.39 is 0 Å². The van der Waals surface area contributed by atoms with Gasteiger partial charge in [0.05, 0.1) is 12.7 Å². The molecule has 3 aliphatic rings. The predicted octanol–water partition coefficient (Wildman–Crippen LogP) is 4.06. The number of aliphatic hydroxyl groups is 1. The molecular weight excluding hydrogens is 506 g/mol. The summed E-state index contributed by atoms with van der Waals surface area (Å²) in [6, 6.07) is 0.380. The molecule has 2 N–H and O–H groups in total. The zero-order chi connectivity index (χ0) is 29.1. The van der Waals surface area contributed by atoms with E-state index in [4.69, 9.17) is 9.47 Å². The second kappa shape index (κ2) is 16.3. The maximum Gasteiger partial charge on any atom is 0.254 e. The number of allylic oxidation sites excluding steroid dienone is 2. The lowest BCUT2D eigenvalue weighted by atomic mass is 9.86. The lowest BCUT2D eigenvalue weighted by molar-refractivity contribution is -0.139. The Hall–Kier alpha value is -2.16. The van der Waals surface area contributed by atoms with Gasteiger partial charge in [0.1, 0.15) is 5.76 Å². The molecular formula is C32H53N3O5. The van der Waals surface area contributed by atoms with Crippen molar-refractivity contribution in [3.05, 3.63) is 36.1 Å². The first-order valence-electron chi connectivity index (χ1n) is 15.4. The van der Waals surface area contributed by atoms with Crippen LogP contribution in [0.3, 0.4) is 0 Å². The van der Waals surface area contributed by atoms with Crippen molar-refractivity contribution in [3.63, 3.8) is 0 Å². The van der Waals surface area contributed by atoms with Crippen LogP contribution >= 0.6 is 0 Å². The van der Waals surface area contributed by atoms with Crippen molar-refractivity contribution in [2.45, 2.75) is 90.3 Å². The van der Waals surface area contributed by atoms with Crippen molar-refractivity contribution >= 4 is 11.8 Å². The molecule has 0 bridgehead atoms. The number of nitrogens with one attached hydrogen (secondary N) is 1. The average Bonchev–Trinajstić information content (AvgIpc) is 3.68. The molecule has 8 heteroatoms. The van der Waals surface area contributed by atoms with Crippen molar-refractivity contribution in [1.82, 2.24) is 15.1 Å². The van der Waals surface area contributed by atoms with Gasteiger partial charge >= 0.3 is 0 Å². The van der Waals surface area contributed by atoms with Gasteiger partial charge in [0.15, 0.2) is 0 Å². The van der Waals surface area contributed by atoms with Gasteiger partial charge in [-0.2, -0.15) is 0 Å². The van der Waals surface area contributed by atoms with Gasteiger partial charge in [-0.1, -0.05) is 25.7 Å². The summed E-state index contributed by atoms with van der Waals surface area (Å²) < 4.78 is 10.8. The zero-order valence-electron chi connectivity index (χ0n) is 25.3. The van der Waals surface area contributed by atoms with E-state index >= 15 is 0 Å². The van der Waals surface area contributed by atoms with E-state index in [-0.39, 0.29) is 35.8 Å². The van der Waals surface area contributed by atoms with Gasteiger partial charge in [-0.15, -0.1) is 0 Å². The third kappa shape index (κ3) is 9.74. The number of methoxy groups -OCH3 is 1. The predicted molar refractivity (Wildman–Crippen MR) is 158 cm³/mol. The zero-order valence-corrected chi connectivity index (χ0v) is 25.3. The van der Waals surface area contributed by atoms with Gasteiger partial charge < -0.3 is 29.7 Å². The van der Waals surface area contributed by atoms with Crippen LogP contribution in [0.15, 0.2) is 36.1 Å². The number of carbonyl (C=O) groups excluding carboxylic acids is 2. The maximum atomic E-state index is 13.9. The third-order valence-corrected chi connectivity index (χ3v) is 8.42. The second-order valence-corrected chi connectivity index (χ2v) is 12.0. The van der Waals surface area contributed by atoms with Crippen LogP contribution in [-0.4, -0.2) is 91.4 Å². The van der Waals surface area contributed by atoms with Crippen molar-refractivity contribution in [1.29, 1.82) is 0 Å². The Bertz CT molecular complexity index is 889. The topological polar surface area (TPSA) is 91.3 Å². The smallest absolute Gasteiger partial charge is 0.254 e. The molecule has 0 aromatic rings. The quantitative estimate of drug-likeness (QED) is 0.128. The van der Waals surface area contributed by atoms with Crippen LogP contribution in [0.2, 0.25) is 0 Å². The van der Waals surface area contributed by atoms with Crippen molar-refractivity contribution < 1.29 is 24.2 Å². The molecule has 2 atom stereocenters. The van der Waals surface area contributed by atoms with Crippen molar-refractivity contribution in [3.8, 4) is 0 Å². The minimum atomic E-state index is -0.258. The number of hydrogen-bond acceptors (Lipinski definition) is 6. The van der Waals surface area contributed by atoms with Crippen LogP contribution in [0.5, 0.6) is 0 Å². The van der Waals surface area contributed by atoms with Crippen LogP contribution < -0.4 is 5.32 Å². The third-order valence-electron chi connectivity index (χ3n) is 8.42. The van der Waals surface area contributed by atoms with Gasteiger partial charge in [-0.3, -0.25) is 9.59 Å². The minimum absolute atomic E-state index is 0.0251. The Labute approximate surface area is 241 Å². The lowest BCUT2D eigenvalue weighted by Crippen LogP contribution is -2.46. The number of rotatable bonds is 16. The number of ether oxygens (including phenoxy) is 2. The van der Waals surface area contributed by atoms with Gasteiger partial charge in [0.25, 0.3) is 5.91 Å². The molecule has 1 saturated heterocycles. The standard InChI is InChI=1S/C32H53N3O5/c1-6-7-9-26(18-24(4)40-17-8-16-39-5)32(38)34(23(2)3)21-27-19-33-20-28(27)22-35(29-12-13-29)31(37)25-10-14-30(36)15-11-25/h7,9,18,23,25,27-30,33,36H,4,6,8,10-17,19-22H2,1-3,5H3/b9-7-,26-18+/t25?,27-,28-,30?/m0/s1. The van der Waals surface area contributed by atoms with Crippen LogP contribution in [0.4, 0.5) is 0 Å². The first kappa shape index (κ1) is 32.4. The maximum absolute atomic E-state index is 13.9. The second-order valence-electron chi connectivity index (χ2n) is 12.0. The first-order valence-corrected chi connectivity index (χ1v) is 15.4. The van der Waals surface area contributed by atoms with E-state index in [1.165, 1.54) is 0 Å². The molecule has 3 rings (SSSR count). The van der Waals surface area contributed by atoms with Crippen molar-refractivity contribution in [2.24, 2.45) is 17.8 Å². The molecule has 8 nitrogen and oxygen atoms in total. The summed E-state index contributed by atoms with van der Waals surface area (Å²) in [6.45, 7) is 14.3. The molecule has 1 aliphatic heterocycles. The summed E-state index contributed by atoms with van der Waals surface area (Å²) in [5, 5.41) is 13.5. The average molecular weight is 560 g/mol. The minimum Gasteiger partial charge on any atom is -0.494 e. The molecule has 40 heavy (non-hydrogen) atoms. The summed E-state index contributed by atoms with van der Waals surface area (Å²) in [4.78, 5) is 31.5. The number of nitrogens with zero attached hydrogens (tertiary/aromatic N) is 2. The molecule has 3 fully saturated rings. The molecule has 2 saturated carbocycles. The van der Waals surface area contributed by atoms with Gasteiger partial charge in [0.2, 0.25) is 5.91 Å². The summed E-state index contributed by atoms with van der Waals surface area (Å²) in [7, 11) is 1.66. The largest absolute Gasteiger partial charge is 0.494 e. The Balaban J connectivity index is 1.68. The van der Waals surface area contributed by atoms with Crippen LogP contribution in [0.25, 0.3) is 0 Å². The van der Waals surface area contributed by atoms with Crippen LogP contribution in [-0.2, 0) is 19.1 Å². The van der Waals surface area contributed by atoms with E-state index in [2.05, 4.69) is 30.6 Å². The molecule has 0 spiro atoms. The fraction of sp³-hybridized carbons (Fsp3) is 0.750. The fourth-order valence-electron chi connectivity index (χ4n) is 5.82. The fourth-order valence-corrected chi connectivity index (χ4v) is 5.82. The molecule has 0 unspecified atom stereocenters. The van der Waals surface area contributed by atoms with Gasteiger partial charge in [-0.05, 0) is 76.7 Å². The van der Waals surface area contributed by atoms with E-state index in [9.17, 15) is 14.7 Å². The summed E-state index contributed by atoms with van der Waals surface area (Å²) in [5.41, 5.74) is 0.573. The molecule has 226 valence electrons. The highest BCUT2D eigenvalue weighted by molar-refractivity contribution is 5.96. The molecule has 1 heterocycles. The Morgan fingerprint density at radius 2 is 1.73 bits per heavy atom. The van der Waals surface area contributed by atoms with E-state index in [0.717, 1.165) is 71.0 Å². The normalized spacial score (nSPS) is 25.4. The van der Waals surface area contributed by atoms with Crippen LogP contribution in [0.1, 0.15) is 72.1 Å². The molecule has 0 radical (unpaired) electrons. The molecule has 0 aromatic carbocycles. The number of aliphatic hydroxyl groups excluding tert-OH is 1. The first-order chi connectivity index (χ1) is 19.2. The molecule has 2 aliphatic carbocycles. The van der Waals surface area contributed by atoms with E-state index in [1.807, 2.05) is 24.0 Å². The Morgan fingerprint density at radius 1 is 1.05 bits per heavy atom. The summed E-state index contributed by atoms with van der Waals surface area (Å²) in [5.74, 6) is 1.31. The molecule has 0 aromatic heterocycles. The van der Waals surface area contributed by atoms with Gasteiger partial charge in [-0.25, -0.2) is 0 Å². The summed E-state index contributed by atoms with van der Waals surface area (Å²) in [6.07, 6.45) is 12.1. The monoisotopic (exact) mass is 559 g/mol. The SMILES string of the molecule is C=C(/C=C(\C=C/CC)C(=O)N(C[C@@H]1CNC[C@H]1CN(C(=O)C1CCC(O)CC1)C1CC1)C(C)C)OCCCOC. The number of carbonyl (C=O) groups is 2. The van der Waals surface area contributed by atoms with Gasteiger partial charge in [0, 0.05) is 69.9 Å². The Morgan fingerprint density at radius 3 is 2.33 bits per heavy atom. The lowest BCUT2D eigenvalue weighted by Gasteiger charge is -2.35. The van der Waals surface area contributed by atoms with E-state index in [0.29, 0.717) is 43.1 Å². The van der Waals surface area contributed by atoms with E-state index in [1.54, 1.807) is 13.2 Å². The highest BCUT2D eigenvalue weighted by atomic mass is 16.5. The number of hydrogen-bond donors (Lipinski definition) is 2. The molecule has 2 amide bonds. The summed E-state index contributed by atoms with van der Waals surface area (Å²) >= 11 is 0.